The van der Waals surface area contributed by atoms with Crippen LogP contribution in [0.5, 0.6) is 0 Å². The molecule has 1 aromatic rings. The average molecular weight is 265 g/mol. The summed E-state index contributed by atoms with van der Waals surface area (Å²) in [4.78, 5) is 15.3. The Balaban J connectivity index is 1.88. The van der Waals surface area contributed by atoms with E-state index < -0.39 is 0 Å². The molecule has 2 heterocycles. The number of hydrogen-bond donors (Lipinski definition) is 0. The summed E-state index contributed by atoms with van der Waals surface area (Å²) in [5, 5.41) is 0. The van der Waals surface area contributed by atoms with Crippen molar-refractivity contribution in [2.24, 2.45) is 0 Å². The van der Waals surface area contributed by atoms with Crippen molar-refractivity contribution in [2.75, 3.05) is 70.3 Å². The molecule has 0 aromatic carbocycles. The second-order valence-corrected chi connectivity index (χ2v) is 4.98. The van der Waals surface area contributed by atoms with Gasteiger partial charge in [0, 0.05) is 53.5 Å². The number of hydrogen-bond acceptors (Lipinski definition) is 6. The van der Waals surface area contributed by atoms with E-state index in [0.29, 0.717) is 0 Å². The Morgan fingerprint density at radius 1 is 1.26 bits per heavy atom. The van der Waals surface area contributed by atoms with Crippen molar-refractivity contribution >= 4 is 11.8 Å². The van der Waals surface area contributed by atoms with Gasteiger partial charge in [0.05, 0.1) is 13.2 Å². The fourth-order valence-corrected chi connectivity index (χ4v) is 2.00. The first-order valence-electron chi connectivity index (χ1n) is 6.68. The Kier molecular flexibility index (Phi) is 4.93. The van der Waals surface area contributed by atoms with Crippen molar-refractivity contribution < 1.29 is 4.74 Å². The van der Waals surface area contributed by atoms with E-state index in [1.54, 1.807) is 0 Å². The zero-order chi connectivity index (χ0) is 13.7. The van der Waals surface area contributed by atoms with Crippen molar-refractivity contribution in [1.29, 1.82) is 0 Å². The van der Waals surface area contributed by atoms with E-state index >= 15 is 0 Å². The Morgan fingerprint density at radius 3 is 2.68 bits per heavy atom. The van der Waals surface area contributed by atoms with Gasteiger partial charge in [-0.3, -0.25) is 4.90 Å². The summed E-state index contributed by atoms with van der Waals surface area (Å²) < 4.78 is 5.35. The van der Waals surface area contributed by atoms with Crippen LogP contribution in [0.25, 0.3) is 0 Å². The van der Waals surface area contributed by atoms with E-state index in [9.17, 15) is 0 Å². The summed E-state index contributed by atoms with van der Waals surface area (Å²) >= 11 is 0. The number of rotatable bonds is 5. The second-order valence-electron chi connectivity index (χ2n) is 4.98. The topological polar surface area (TPSA) is 44.7 Å². The fourth-order valence-electron chi connectivity index (χ4n) is 2.00. The standard InChI is InChI=1S/C13H23N5O/c1-16(2)13-14-5-4-12(15-13)17(3)6-7-18-8-10-19-11-9-18/h4-5H,6-11H2,1-3H3. The van der Waals surface area contributed by atoms with E-state index in [-0.39, 0.29) is 0 Å². The minimum absolute atomic E-state index is 0.746. The molecular weight excluding hydrogens is 242 g/mol. The molecule has 0 atom stereocenters. The quantitative estimate of drug-likeness (QED) is 0.763. The highest BCUT2D eigenvalue weighted by Gasteiger charge is 2.12. The molecule has 0 N–H and O–H groups in total. The van der Waals surface area contributed by atoms with Crippen LogP contribution in [0.2, 0.25) is 0 Å². The highest BCUT2D eigenvalue weighted by atomic mass is 16.5. The average Bonchev–Trinajstić information content (AvgIpc) is 2.46. The smallest absolute Gasteiger partial charge is 0.226 e. The minimum atomic E-state index is 0.746. The Morgan fingerprint density at radius 2 is 2.00 bits per heavy atom. The number of nitrogens with zero attached hydrogens (tertiary/aromatic N) is 5. The van der Waals surface area contributed by atoms with Crippen LogP contribution in [-0.4, -0.2) is 75.4 Å². The molecule has 106 valence electrons. The highest BCUT2D eigenvalue weighted by Crippen LogP contribution is 2.11. The van der Waals surface area contributed by atoms with Gasteiger partial charge in [0.1, 0.15) is 5.82 Å². The third-order valence-electron chi connectivity index (χ3n) is 3.27. The van der Waals surface area contributed by atoms with E-state index in [2.05, 4.69) is 26.8 Å². The molecule has 0 amide bonds. The molecular formula is C13H23N5O. The van der Waals surface area contributed by atoms with Crippen molar-refractivity contribution in [1.82, 2.24) is 14.9 Å². The fraction of sp³-hybridized carbons (Fsp3) is 0.692. The van der Waals surface area contributed by atoms with Gasteiger partial charge in [-0.1, -0.05) is 0 Å². The van der Waals surface area contributed by atoms with Gasteiger partial charge in [0.2, 0.25) is 5.95 Å². The van der Waals surface area contributed by atoms with Gasteiger partial charge >= 0.3 is 0 Å². The van der Waals surface area contributed by atoms with E-state index in [0.717, 1.165) is 51.2 Å². The van der Waals surface area contributed by atoms with Crippen LogP contribution >= 0.6 is 0 Å². The van der Waals surface area contributed by atoms with Crippen LogP contribution in [0.3, 0.4) is 0 Å². The third-order valence-corrected chi connectivity index (χ3v) is 3.27. The predicted molar refractivity (Wildman–Crippen MR) is 76.9 cm³/mol. The van der Waals surface area contributed by atoms with Gasteiger partial charge < -0.3 is 14.5 Å². The zero-order valence-corrected chi connectivity index (χ0v) is 12.0. The lowest BCUT2D eigenvalue weighted by Crippen LogP contribution is -2.40. The molecule has 1 fully saturated rings. The molecule has 1 aliphatic rings. The van der Waals surface area contributed by atoms with Crippen molar-refractivity contribution in [3.05, 3.63) is 12.3 Å². The van der Waals surface area contributed by atoms with Gasteiger partial charge in [-0.25, -0.2) is 4.98 Å². The molecule has 0 aliphatic carbocycles. The summed E-state index contributed by atoms with van der Waals surface area (Å²) in [5.41, 5.74) is 0. The van der Waals surface area contributed by atoms with Crippen LogP contribution in [0.15, 0.2) is 12.3 Å². The molecule has 0 spiro atoms. The SMILES string of the molecule is CN(C)c1nccc(N(C)CCN2CCOCC2)n1. The monoisotopic (exact) mass is 265 g/mol. The lowest BCUT2D eigenvalue weighted by Gasteiger charge is -2.29. The number of anilines is 2. The third kappa shape index (κ3) is 4.04. The number of likely N-dealkylation sites (N-methyl/N-ethyl adjacent to an activating group) is 1. The summed E-state index contributed by atoms with van der Waals surface area (Å²) in [6.07, 6.45) is 1.81. The molecule has 2 rings (SSSR count). The van der Waals surface area contributed by atoms with Crippen molar-refractivity contribution in [3.63, 3.8) is 0 Å². The first kappa shape index (κ1) is 14.0. The molecule has 0 radical (unpaired) electrons. The van der Waals surface area contributed by atoms with Crippen molar-refractivity contribution in [2.45, 2.75) is 0 Å². The Hall–Kier alpha value is -1.40. The molecule has 1 saturated heterocycles. The van der Waals surface area contributed by atoms with Gasteiger partial charge in [-0.2, -0.15) is 4.98 Å². The van der Waals surface area contributed by atoms with Crippen LogP contribution in [0.4, 0.5) is 11.8 Å². The van der Waals surface area contributed by atoms with E-state index in [1.807, 2.05) is 31.3 Å². The van der Waals surface area contributed by atoms with Crippen LogP contribution < -0.4 is 9.80 Å². The summed E-state index contributed by atoms with van der Waals surface area (Å²) in [5.74, 6) is 1.71. The number of morpholine rings is 1. The second kappa shape index (κ2) is 6.68. The molecule has 6 nitrogen and oxygen atoms in total. The van der Waals surface area contributed by atoms with Gasteiger partial charge in [0.25, 0.3) is 0 Å². The minimum Gasteiger partial charge on any atom is -0.379 e. The van der Waals surface area contributed by atoms with Crippen LogP contribution in [0, 0.1) is 0 Å². The largest absolute Gasteiger partial charge is 0.379 e. The molecule has 6 heteroatoms. The molecule has 0 saturated carbocycles. The molecule has 19 heavy (non-hydrogen) atoms. The summed E-state index contributed by atoms with van der Waals surface area (Å²) in [6, 6.07) is 1.95. The molecule has 1 aromatic heterocycles. The maximum Gasteiger partial charge on any atom is 0.226 e. The maximum atomic E-state index is 5.35. The van der Waals surface area contributed by atoms with Crippen LogP contribution in [0.1, 0.15) is 0 Å². The van der Waals surface area contributed by atoms with E-state index in [1.165, 1.54) is 0 Å². The van der Waals surface area contributed by atoms with Crippen molar-refractivity contribution in [3.8, 4) is 0 Å². The van der Waals surface area contributed by atoms with Gasteiger partial charge in [0.15, 0.2) is 0 Å². The number of ether oxygens (including phenoxy) is 1. The first-order valence-corrected chi connectivity index (χ1v) is 6.68. The molecule has 0 unspecified atom stereocenters. The normalized spacial score (nSPS) is 16.4. The summed E-state index contributed by atoms with van der Waals surface area (Å²) in [6.45, 7) is 5.76. The lowest BCUT2D eigenvalue weighted by atomic mass is 10.4. The molecule has 1 aliphatic heterocycles. The predicted octanol–water partition coefficient (Wildman–Crippen LogP) is 0.311. The number of aromatic nitrogens is 2. The Bertz CT molecular complexity index is 392. The van der Waals surface area contributed by atoms with Gasteiger partial charge in [-0.15, -0.1) is 0 Å². The summed E-state index contributed by atoms with van der Waals surface area (Å²) in [7, 11) is 5.97. The first-order chi connectivity index (χ1) is 9.16. The van der Waals surface area contributed by atoms with E-state index in [4.69, 9.17) is 4.74 Å². The maximum absolute atomic E-state index is 5.35. The molecule has 0 bridgehead atoms. The lowest BCUT2D eigenvalue weighted by molar-refractivity contribution is 0.0393. The Labute approximate surface area is 115 Å². The zero-order valence-electron chi connectivity index (χ0n) is 12.0. The highest BCUT2D eigenvalue weighted by molar-refractivity contribution is 5.42. The van der Waals surface area contributed by atoms with Crippen LogP contribution in [-0.2, 0) is 4.74 Å². The van der Waals surface area contributed by atoms with Gasteiger partial charge in [-0.05, 0) is 6.07 Å².